The zero-order valence-electron chi connectivity index (χ0n) is 13.4. The van der Waals surface area contributed by atoms with Gasteiger partial charge in [-0.3, -0.25) is 9.69 Å². The average molecular weight is 342 g/mol. The normalized spacial score (nSPS) is 23.3. The van der Waals surface area contributed by atoms with Gasteiger partial charge in [-0.15, -0.1) is 10.2 Å². The van der Waals surface area contributed by atoms with Gasteiger partial charge in [0, 0.05) is 0 Å². The lowest BCUT2D eigenvalue weighted by molar-refractivity contribution is -0.132. The number of rotatable bonds is 2. The molecular weight excluding hydrogens is 324 g/mol. The van der Waals surface area contributed by atoms with Crippen molar-refractivity contribution < 1.29 is 9.59 Å². The van der Waals surface area contributed by atoms with Crippen LogP contribution in [0.1, 0.15) is 40.4 Å². The van der Waals surface area contributed by atoms with Gasteiger partial charge in [-0.25, -0.2) is 4.79 Å². The number of hydrogen-bond donors (Lipinski definition) is 1. The minimum absolute atomic E-state index is 0.172. The molecule has 124 valence electrons. The highest BCUT2D eigenvalue weighted by Gasteiger charge is 2.53. The number of benzene rings is 1. The number of amides is 3. The molecule has 1 aliphatic heterocycles. The van der Waals surface area contributed by atoms with E-state index in [1.807, 2.05) is 25.1 Å². The molecule has 0 bridgehead atoms. The predicted octanol–water partition coefficient (Wildman–Crippen LogP) is 2.52. The summed E-state index contributed by atoms with van der Waals surface area (Å²) < 4.78 is 0. The molecule has 1 fully saturated rings. The van der Waals surface area contributed by atoms with Crippen LogP contribution in [0.15, 0.2) is 24.3 Å². The van der Waals surface area contributed by atoms with Crippen LogP contribution in [0.4, 0.5) is 4.79 Å². The molecule has 24 heavy (non-hydrogen) atoms. The van der Waals surface area contributed by atoms with Crippen molar-refractivity contribution in [2.45, 2.75) is 44.7 Å². The number of imide groups is 1. The molecule has 2 aromatic rings. The van der Waals surface area contributed by atoms with Gasteiger partial charge in [-0.05, 0) is 43.7 Å². The van der Waals surface area contributed by atoms with Crippen LogP contribution >= 0.6 is 11.3 Å². The number of aryl methyl sites for hydroxylation is 2. The Bertz CT molecular complexity index is 818. The van der Waals surface area contributed by atoms with Crippen LogP contribution in [0.3, 0.4) is 0 Å². The van der Waals surface area contributed by atoms with E-state index < -0.39 is 5.54 Å². The first kappa shape index (κ1) is 15.3. The first-order valence-corrected chi connectivity index (χ1v) is 8.93. The average Bonchev–Trinajstić information content (AvgIpc) is 3.01. The Kier molecular flexibility index (Phi) is 3.60. The van der Waals surface area contributed by atoms with Crippen LogP contribution in [0, 0.1) is 6.92 Å². The molecule has 0 saturated carbocycles. The Morgan fingerprint density at radius 1 is 1.25 bits per heavy atom. The van der Waals surface area contributed by atoms with Crippen molar-refractivity contribution in [1.29, 1.82) is 0 Å². The molecule has 0 radical (unpaired) electrons. The summed E-state index contributed by atoms with van der Waals surface area (Å²) in [5, 5.41) is 12.5. The van der Waals surface area contributed by atoms with Crippen molar-refractivity contribution >= 4 is 23.3 Å². The van der Waals surface area contributed by atoms with Crippen LogP contribution in [-0.4, -0.2) is 27.0 Å². The molecule has 2 aliphatic rings. The second-order valence-corrected chi connectivity index (χ2v) is 7.57. The molecule has 1 aromatic carbocycles. The van der Waals surface area contributed by atoms with E-state index in [1.165, 1.54) is 16.2 Å². The fraction of sp³-hybridized carbons (Fsp3) is 0.412. The SMILES string of the molecule is Cc1nnc(CN2C(=O)N[C@@]3(CCCCc4ccccc43)C2=O)s1. The standard InChI is InChI=1S/C17H18N4O2S/c1-11-19-20-14(24-11)10-21-15(22)17(18-16(21)23)9-5-4-7-12-6-2-3-8-13(12)17/h2-3,6,8H,4-5,7,9-10H2,1H3,(H,18,23)/t17-/m1/s1. The van der Waals surface area contributed by atoms with Crippen molar-refractivity contribution in [3.8, 4) is 0 Å². The number of aromatic nitrogens is 2. The van der Waals surface area contributed by atoms with Gasteiger partial charge in [0.15, 0.2) is 0 Å². The molecule has 0 unspecified atom stereocenters. The molecule has 4 rings (SSSR count). The van der Waals surface area contributed by atoms with E-state index in [2.05, 4.69) is 21.6 Å². The summed E-state index contributed by atoms with van der Waals surface area (Å²) in [7, 11) is 0. The number of carbonyl (C=O) groups excluding carboxylic acids is 2. The molecule has 1 aromatic heterocycles. The minimum atomic E-state index is -0.927. The maximum atomic E-state index is 13.2. The first-order valence-electron chi connectivity index (χ1n) is 8.12. The maximum absolute atomic E-state index is 13.2. The third-order valence-corrected chi connectivity index (χ3v) is 5.59. The minimum Gasteiger partial charge on any atom is -0.319 e. The molecule has 1 saturated heterocycles. The second kappa shape index (κ2) is 5.66. The Balaban J connectivity index is 1.72. The zero-order chi connectivity index (χ0) is 16.7. The van der Waals surface area contributed by atoms with Crippen molar-refractivity contribution in [3.63, 3.8) is 0 Å². The van der Waals surface area contributed by atoms with Crippen LogP contribution in [0.25, 0.3) is 0 Å². The number of hydrogen-bond acceptors (Lipinski definition) is 5. The quantitative estimate of drug-likeness (QED) is 0.851. The van der Waals surface area contributed by atoms with Crippen LogP contribution in [-0.2, 0) is 23.3 Å². The third kappa shape index (κ3) is 2.31. The summed E-state index contributed by atoms with van der Waals surface area (Å²) in [6, 6.07) is 7.60. The van der Waals surface area contributed by atoms with Crippen molar-refractivity contribution in [3.05, 3.63) is 45.4 Å². The number of urea groups is 1. The van der Waals surface area contributed by atoms with Crippen molar-refractivity contribution in [2.75, 3.05) is 0 Å². The Morgan fingerprint density at radius 2 is 2.08 bits per heavy atom. The zero-order valence-corrected chi connectivity index (χ0v) is 14.2. The number of nitrogens with zero attached hydrogens (tertiary/aromatic N) is 3. The van der Waals surface area contributed by atoms with Gasteiger partial charge >= 0.3 is 6.03 Å². The molecule has 1 atom stereocenters. The topological polar surface area (TPSA) is 75.2 Å². The molecule has 1 spiro atoms. The fourth-order valence-corrected chi connectivity index (χ4v) is 4.35. The number of fused-ring (bicyclic) bond motifs is 2. The Labute approximate surface area is 143 Å². The predicted molar refractivity (Wildman–Crippen MR) is 89.4 cm³/mol. The van der Waals surface area contributed by atoms with Gasteiger partial charge in [0.05, 0.1) is 6.54 Å². The van der Waals surface area contributed by atoms with Crippen LogP contribution in [0.5, 0.6) is 0 Å². The van der Waals surface area contributed by atoms with Crippen molar-refractivity contribution in [1.82, 2.24) is 20.4 Å². The summed E-state index contributed by atoms with van der Waals surface area (Å²) in [6.07, 6.45) is 3.51. The molecule has 2 heterocycles. The fourth-order valence-electron chi connectivity index (χ4n) is 3.65. The van der Waals surface area contributed by atoms with Crippen LogP contribution < -0.4 is 5.32 Å². The molecular formula is C17H18N4O2S. The summed E-state index contributed by atoms with van der Waals surface area (Å²) in [5.74, 6) is -0.172. The van der Waals surface area contributed by atoms with Gasteiger partial charge in [0.25, 0.3) is 5.91 Å². The van der Waals surface area contributed by atoms with E-state index in [-0.39, 0.29) is 18.5 Å². The third-order valence-electron chi connectivity index (χ3n) is 4.76. The monoisotopic (exact) mass is 342 g/mol. The molecule has 3 amide bonds. The molecule has 1 aliphatic carbocycles. The van der Waals surface area contributed by atoms with E-state index in [0.717, 1.165) is 35.4 Å². The summed E-state index contributed by atoms with van der Waals surface area (Å²) in [6.45, 7) is 2.04. The lowest BCUT2D eigenvalue weighted by Crippen LogP contribution is -2.44. The molecule has 7 heteroatoms. The summed E-state index contributed by atoms with van der Waals surface area (Å²) in [5.41, 5.74) is 1.17. The molecule has 6 nitrogen and oxygen atoms in total. The lowest BCUT2D eigenvalue weighted by Gasteiger charge is -2.27. The highest BCUT2D eigenvalue weighted by Crippen LogP contribution is 2.39. The van der Waals surface area contributed by atoms with Gasteiger partial charge in [-0.2, -0.15) is 0 Å². The highest BCUT2D eigenvalue weighted by molar-refractivity contribution is 7.11. The van der Waals surface area contributed by atoms with Crippen LogP contribution in [0.2, 0.25) is 0 Å². The second-order valence-electron chi connectivity index (χ2n) is 6.31. The summed E-state index contributed by atoms with van der Waals surface area (Å²) in [4.78, 5) is 27.0. The van der Waals surface area contributed by atoms with E-state index in [0.29, 0.717) is 11.4 Å². The van der Waals surface area contributed by atoms with Crippen molar-refractivity contribution in [2.24, 2.45) is 0 Å². The van der Waals surface area contributed by atoms with Gasteiger partial charge < -0.3 is 5.32 Å². The largest absolute Gasteiger partial charge is 0.325 e. The number of carbonyl (C=O) groups is 2. The van der Waals surface area contributed by atoms with E-state index in [1.54, 1.807) is 0 Å². The van der Waals surface area contributed by atoms with E-state index in [9.17, 15) is 9.59 Å². The smallest absolute Gasteiger partial charge is 0.319 e. The lowest BCUT2D eigenvalue weighted by atomic mass is 9.84. The summed E-state index contributed by atoms with van der Waals surface area (Å²) >= 11 is 1.41. The Morgan fingerprint density at radius 3 is 2.88 bits per heavy atom. The number of nitrogens with one attached hydrogen (secondary N) is 1. The first-order chi connectivity index (χ1) is 11.6. The van der Waals surface area contributed by atoms with Gasteiger partial charge in [0.2, 0.25) is 0 Å². The van der Waals surface area contributed by atoms with E-state index in [4.69, 9.17) is 0 Å². The van der Waals surface area contributed by atoms with Gasteiger partial charge in [0.1, 0.15) is 15.6 Å². The highest BCUT2D eigenvalue weighted by atomic mass is 32.1. The van der Waals surface area contributed by atoms with Gasteiger partial charge in [-0.1, -0.05) is 35.6 Å². The van der Waals surface area contributed by atoms with E-state index >= 15 is 0 Å². The molecule has 1 N–H and O–H groups in total. The maximum Gasteiger partial charge on any atom is 0.325 e. The Hall–Kier alpha value is -2.28.